The Bertz CT molecular complexity index is 375. The van der Waals surface area contributed by atoms with E-state index in [1.165, 1.54) is 31.5 Å². The number of hydrogen-bond acceptors (Lipinski definition) is 3. The summed E-state index contributed by atoms with van der Waals surface area (Å²) in [6.07, 6.45) is 4.93. The Morgan fingerprint density at radius 1 is 1.22 bits per heavy atom. The third-order valence-corrected chi connectivity index (χ3v) is 4.06. The SMILES string of the molecule is Cc1nnc(C2CCC(CN)CC2)n1CC(C)C. The first-order valence-electron chi connectivity index (χ1n) is 7.21. The van der Waals surface area contributed by atoms with Gasteiger partial charge in [0.15, 0.2) is 0 Å². The monoisotopic (exact) mass is 250 g/mol. The fourth-order valence-electron chi connectivity index (χ4n) is 2.95. The lowest BCUT2D eigenvalue weighted by molar-refractivity contribution is 0.317. The molecule has 0 radical (unpaired) electrons. The van der Waals surface area contributed by atoms with Crippen LogP contribution in [0.3, 0.4) is 0 Å². The van der Waals surface area contributed by atoms with Crippen LogP contribution in [-0.2, 0) is 6.54 Å². The molecule has 1 saturated carbocycles. The highest BCUT2D eigenvalue weighted by molar-refractivity contribution is 5.03. The summed E-state index contributed by atoms with van der Waals surface area (Å²) in [5.74, 6) is 4.21. The first kappa shape index (κ1) is 13.5. The van der Waals surface area contributed by atoms with Crippen molar-refractivity contribution in [2.75, 3.05) is 6.54 Å². The second-order valence-corrected chi connectivity index (χ2v) is 6.06. The fourth-order valence-corrected chi connectivity index (χ4v) is 2.95. The zero-order valence-corrected chi connectivity index (χ0v) is 11.9. The Hall–Kier alpha value is -0.900. The van der Waals surface area contributed by atoms with Crippen molar-refractivity contribution in [2.24, 2.45) is 17.6 Å². The Kier molecular flexibility index (Phi) is 4.38. The number of hydrogen-bond donors (Lipinski definition) is 1. The van der Waals surface area contributed by atoms with Crippen molar-refractivity contribution < 1.29 is 0 Å². The molecule has 0 saturated heterocycles. The molecule has 4 heteroatoms. The molecule has 0 amide bonds. The molecule has 1 aromatic heterocycles. The van der Waals surface area contributed by atoms with Crippen LogP contribution in [0.5, 0.6) is 0 Å². The molecular formula is C14H26N4. The summed E-state index contributed by atoms with van der Waals surface area (Å²) in [7, 11) is 0. The van der Waals surface area contributed by atoms with Crippen LogP contribution in [0.4, 0.5) is 0 Å². The topological polar surface area (TPSA) is 56.7 Å². The molecule has 0 aromatic carbocycles. The lowest BCUT2D eigenvalue weighted by Gasteiger charge is -2.27. The van der Waals surface area contributed by atoms with Gasteiger partial charge in [-0.1, -0.05) is 13.8 Å². The molecule has 1 aromatic rings. The van der Waals surface area contributed by atoms with Gasteiger partial charge in [0.2, 0.25) is 0 Å². The van der Waals surface area contributed by atoms with Gasteiger partial charge < -0.3 is 10.3 Å². The van der Waals surface area contributed by atoms with E-state index in [9.17, 15) is 0 Å². The molecule has 1 aliphatic carbocycles. The van der Waals surface area contributed by atoms with Gasteiger partial charge >= 0.3 is 0 Å². The molecule has 1 aliphatic rings. The summed E-state index contributed by atoms with van der Waals surface area (Å²) in [4.78, 5) is 0. The normalized spacial score (nSPS) is 24.7. The van der Waals surface area contributed by atoms with Crippen molar-refractivity contribution in [3.63, 3.8) is 0 Å². The maximum atomic E-state index is 5.75. The molecule has 18 heavy (non-hydrogen) atoms. The van der Waals surface area contributed by atoms with E-state index in [1.54, 1.807) is 0 Å². The van der Waals surface area contributed by atoms with Crippen molar-refractivity contribution in [2.45, 2.75) is 58.9 Å². The number of nitrogens with zero attached hydrogens (tertiary/aromatic N) is 3. The zero-order valence-electron chi connectivity index (χ0n) is 11.9. The zero-order chi connectivity index (χ0) is 13.1. The van der Waals surface area contributed by atoms with Gasteiger partial charge in [-0.2, -0.15) is 0 Å². The van der Waals surface area contributed by atoms with Gasteiger partial charge in [-0.05, 0) is 51.0 Å². The van der Waals surface area contributed by atoms with Crippen LogP contribution in [0.1, 0.15) is 57.1 Å². The average Bonchev–Trinajstić information content (AvgIpc) is 2.71. The van der Waals surface area contributed by atoms with Gasteiger partial charge in [0, 0.05) is 12.5 Å². The predicted molar refractivity (Wildman–Crippen MR) is 73.4 cm³/mol. The number of aromatic nitrogens is 3. The number of nitrogens with two attached hydrogens (primary N) is 1. The highest BCUT2D eigenvalue weighted by Gasteiger charge is 2.26. The van der Waals surface area contributed by atoms with Crippen LogP contribution in [0.15, 0.2) is 0 Å². The minimum absolute atomic E-state index is 0.591. The van der Waals surface area contributed by atoms with Crippen LogP contribution >= 0.6 is 0 Å². The molecule has 2 rings (SSSR count). The van der Waals surface area contributed by atoms with E-state index in [-0.39, 0.29) is 0 Å². The van der Waals surface area contributed by atoms with Crippen LogP contribution in [0.2, 0.25) is 0 Å². The summed E-state index contributed by atoms with van der Waals surface area (Å²) in [5, 5.41) is 8.70. The van der Waals surface area contributed by atoms with Crippen molar-refractivity contribution >= 4 is 0 Å². The third kappa shape index (κ3) is 2.91. The molecule has 0 atom stereocenters. The predicted octanol–water partition coefficient (Wildman–Crippen LogP) is 2.48. The van der Waals surface area contributed by atoms with Gasteiger partial charge in [-0.15, -0.1) is 10.2 Å². The van der Waals surface area contributed by atoms with Gasteiger partial charge in [-0.3, -0.25) is 0 Å². The minimum Gasteiger partial charge on any atom is -0.330 e. The number of aryl methyl sites for hydroxylation is 1. The lowest BCUT2D eigenvalue weighted by Crippen LogP contribution is -2.23. The second kappa shape index (κ2) is 5.83. The standard InChI is InChI=1S/C14H26N4/c1-10(2)9-18-11(3)16-17-14(18)13-6-4-12(8-15)5-7-13/h10,12-13H,4-9,15H2,1-3H3. The van der Waals surface area contributed by atoms with Crippen LogP contribution in [0.25, 0.3) is 0 Å². The minimum atomic E-state index is 0.591. The largest absolute Gasteiger partial charge is 0.330 e. The fraction of sp³-hybridized carbons (Fsp3) is 0.857. The highest BCUT2D eigenvalue weighted by atomic mass is 15.3. The lowest BCUT2D eigenvalue weighted by atomic mass is 9.81. The average molecular weight is 250 g/mol. The molecule has 1 fully saturated rings. The molecular weight excluding hydrogens is 224 g/mol. The van der Waals surface area contributed by atoms with Gasteiger partial charge in [0.25, 0.3) is 0 Å². The van der Waals surface area contributed by atoms with Crippen LogP contribution < -0.4 is 5.73 Å². The van der Waals surface area contributed by atoms with E-state index in [1.807, 2.05) is 0 Å². The summed E-state index contributed by atoms with van der Waals surface area (Å²) in [6.45, 7) is 8.42. The quantitative estimate of drug-likeness (QED) is 0.893. The number of rotatable bonds is 4. The summed E-state index contributed by atoms with van der Waals surface area (Å²) in [5.41, 5.74) is 5.75. The molecule has 0 spiro atoms. The van der Waals surface area contributed by atoms with E-state index in [0.29, 0.717) is 11.8 Å². The van der Waals surface area contributed by atoms with Crippen molar-refractivity contribution in [1.82, 2.24) is 14.8 Å². The van der Waals surface area contributed by atoms with E-state index in [0.717, 1.165) is 24.8 Å². The molecule has 4 nitrogen and oxygen atoms in total. The van der Waals surface area contributed by atoms with Crippen molar-refractivity contribution in [3.8, 4) is 0 Å². The Balaban J connectivity index is 2.09. The molecule has 2 N–H and O–H groups in total. The van der Waals surface area contributed by atoms with Gasteiger partial charge in [-0.25, -0.2) is 0 Å². The van der Waals surface area contributed by atoms with E-state index < -0.39 is 0 Å². The summed E-state index contributed by atoms with van der Waals surface area (Å²) >= 11 is 0. The molecule has 1 heterocycles. The van der Waals surface area contributed by atoms with Crippen molar-refractivity contribution in [1.29, 1.82) is 0 Å². The molecule has 102 valence electrons. The van der Waals surface area contributed by atoms with Crippen LogP contribution in [0, 0.1) is 18.8 Å². The Labute approximate surface area is 110 Å². The summed E-state index contributed by atoms with van der Waals surface area (Å²) < 4.78 is 2.32. The first-order valence-corrected chi connectivity index (χ1v) is 7.21. The van der Waals surface area contributed by atoms with Crippen LogP contribution in [-0.4, -0.2) is 21.3 Å². The first-order chi connectivity index (χ1) is 8.61. The summed E-state index contributed by atoms with van der Waals surface area (Å²) in [6, 6.07) is 0. The van der Waals surface area contributed by atoms with Gasteiger partial charge in [0.05, 0.1) is 0 Å². The second-order valence-electron chi connectivity index (χ2n) is 6.06. The van der Waals surface area contributed by atoms with Crippen molar-refractivity contribution in [3.05, 3.63) is 11.6 Å². The van der Waals surface area contributed by atoms with E-state index in [2.05, 4.69) is 35.5 Å². The molecule has 0 bridgehead atoms. The Morgan fingerprint density at radius 2 is 1.89 bits per heavy atom. The van der Waals surface area contributed by atoms with Gasteiger partial charge in [0.1, 0.15) is 11.6 Å². The third-order valence-electron chi connectivity index (χ3n) is 4.06. The highest BCUT2D eigenvalue weighted by Crippen LogP contribution is 2.34. The Morgan fingerprint density at radius 3 is 2.44 bits per heavy atom. The molecule has 0 aliphatic heterocycles. The maximum absolute atomic E-state index is 5.75. The smallest absolute Gasteiger partial charge is 0.136 e. The van der Waals surface area contributed by atoms with E-state index in [4.69, 9.17) is 5.73 Å². The molecule has 0 unspecified atom stereocenters. The van der Waals surface area contributed by atoms with E-state index >= 15 is 0 Å². The maximum Gasteiger partial charge on any atom is 0.136 e.